The molecule has 2 aliphatic heterocycles. The number of ether oxygens (including phenoxy) is 2. The normalized spacial score (nSPS) is 26.7. The third-order valence-corrected chi connectivity index (χ3v) is 4.55. The maximum absolute atomic E-state index is 12.7. The number of hydrogen-bond acceptors (Lipinski definition) is 4. The van der Waals surface area contributed by atoms with Crippen molar-refractivity contribution in [2.45, 2.75) is 38.8 Å². The number of aliphatic imine (C=N–C) groups is 1. The first-order chi connectivity index (χ1) is 11.6. The van der Waals surface area contributed by atoms with Crippen molar-refractivity contribution >= 4 is 17.7 Å². The van der Waals surface area contributed by atoms with Crippen molar-refractivity contribution in [3.63, 3.8) is 0 Å². The van der Waals surface area contributed by atoms with Gasteiger partial charge in [0.1, 0.15) is 12.5 Å². The maximum atomic E-state index is 12.7. The van der Waals surface area contributed by atoms with Gasteiger partial charge in [-0.1, -0.05) is 24.3 Å². The highest BCUT2D eigenvalue weighted by Crippen LogP contribution is 2.30. The largest absolute Gasteiger partial charge is 0.462 e. The van der Waals surface area contributed by atoms with E-state index in [9.17, 15) is 9.59 Å². The number of hydrogen-bond donors (Lipinski definition) is 1. The molecule has 3 atom stereocenters. The molecule has 1 aromatic carbocycles. The van der Waals surface area contributed by atoms with Crippen LogP contribution >= 0.6 is 0 Å². The number of urea groups is 1. The van der Waals surface area contributed by atoms with E-state index in [2.05, 4.69) is 10.3 Å². The average Bonchev–Trinajstić information content (AvgIpc) is 3.06. The third kappa shape index (κ3) is 3.48. The molecule has 0 aliphatic carbocycles. The summed E-state index contributed by atoms with van der Waals surface area (Å²) >= 11 is 0. The van der Waals surface area contributed by atoms with Gasteiger partial charge in [-0.2, -0.15) is 0 Å². The second-order valence-electron chi connectivity index (χ2n) is 6.28. The minimum atomic E-state index is -0.620. The van der Waals surface area contributed by atoms with E-state index in [1.54, 1.807) is 6.92 Å². The molecule has 0 bridgehead atoms. The Hall–Kier alpha value is -2.21. The average molecular weight is 330 g/mol. The van der Waals surface area contributed by atoms with Gasteiger partial charge in [0, 0.05) is 12.3 Å². The van der Waals surface area contributed by atoms with Gasteiger partial charge in [-0.05, 0) is 37.8 Å². The quantitative estimate of drug-likeness (QED) is 0.861. The Morgan fingerprint density at radius 3 is 2.88 bits per heavy atom. The van der Waals surface area contributed by atoms with E-state index in [-0.39, 0.29) is 18.7 Å². The van der Waals surface area contributed by atoms with E-state index in [0.29, 0.717) is 12.3 Å². The number of rotatable bonds is 4. The molecule has 3 unspecified atom stereocenters. The van der Waals surface area contributed by atoms with Crippen LogP contribution in [0.2, 0.25) is 0 Å². The summed E-state index contributed by atoms with van der Waals surface area (Å²) < 4.78 is 11.0. The zero-order valence-electron chi connectivity index (χ0n) is 14.0. The van der Waals surface area contributed by atoms with Crippen molar-refractivity contribution in [3.05, 3.63) is 35.4 Å². The highest BCUT2D eigenvalue weighted by Gasteiger charge is 2.38. The lowest BCUT2D eigenvalue weighted by Crippen LogP contribution is -2.45. The Kier molecular flexibility index (Phi) is 4.94. The summed E-state index contributed by atoms with van der Waals surface area (Å²) in [5.74, 6) is -0.995. The van der Waals surface area contributed by atoms with Gasteiger partial charge in [0.05, 0.1) is 12.1 Å². The van der Waals surface area contributed by atoms with Crippen LogP contribution in [0.5, 0.6) is 0 Å². The van der Waals surface area contributed by atoms with Gasteiger partial charge >= 0.3 is 12.0 Å². The van der Waals surface area contributed by atoms with Gasteiger partial charge in [0.2, 0.25) is 0 Å². The van der Waals surface area contributed by atoms with Crippen LogP contribution in [-0.2, 0) is 14.3 Å². The Morgan fingerprint density at radius 2 is 2.17 bits per heavy atom. The lowest BCUT2D eigenvalue weighted by molar-refractivity contribution is -0.150. The number of carbonyl (C=O) groups is 2. The molecule has 1 N–H and O–H groups in total. The first-order valence-corrected chi connectivity index (χ1v) is 8.25. The molecule has 1 saturated heterocycles. The van der Waals surface area contributed by atoms with Crippen LogP contribution < -0.4 is 5.32 Å². The van der Waals surface area contributed by atoms with E-state index in [0.717, 1.165) is 24.0 Å². The minimum Gasteiger partial charge on any atom is -0.462 e. The number of benzene rings is 1. The Labute approximate surface area is 141 Å². The molecule has 2 amide bonds. The Balaban J connectivity index is 1.80. The molecule has 1 fully saturated rings. The summed E-state index contributed by atoms with van der Waals surface area (Å²) in [5.41, 5.74) is 2.39. The fraction of sp³-hybridized carbons (Fsp3) is 0.500. The lowest BCUT2D eigenvalue weighted by atomic mass is 9.86. The van der Waals surface area contributed by atoms with E-state index >= 15 is 0 Å². The zero-order chi connectivity index (χ0) is 17.1. The van der Waals surface area contributed by atoms with Gasteiger partial charge in [-0.15, -0.1) is 0 Å². The summed E-state index contributed by atoms with van der Waals surface area (Å²) in [4.78, 5) is 28.4. The van der Waals surface area contributed by atoms with Crippen molar-refractivity contribution in [2.75, 3.05) is 13.2 Å². The molecule has 2 aliphatic rings. The fourth-order valence-electron chi connectivity index (χ4n) is 3.26. The van der Waals surface area contributed by atoms with Crippen molar-refractivity contribution in [1.82, 2.24) is 5.32 Å². The molecule has 0 aromatic heterocycles. The number of nitrogens with one attached hydrogen (secondary N) is 1. The molecule has 1 aromatic rings. The Bertz CT molecular complexity index is 665. The third-order valence-electron chi connectivity index (χ3n) is 4.55. The smallest absolute Gasteiger partial charge is 0.341 e. The van der Waals surface area contributed by atoms with Gasteiger partial charge in [-0.3, -0.25) is 4.79 Å². The summed E-state index contributed by atoms with van der Waals surface area (Å²) in [7, 11) is 0. The Morgan fingerprint density at radius 1 is 1.38 bits per heavy atom. The van der Waals surface area contributed by atoms with E-state index in [1.807, 2.05) is 31.2 Å². The molecule has 128 valence electrons. The van der Waals surface area contributed by atoms with Crippen molar-refractivity contribution < 1.29 is 19.1 Å². The first-order valence-electron chi connectivity index (χ1n) is 8.25. The second kappa shape index (κ2) is 7.13. The molecular weight excluding hydrogens is 308 g/mol. The van der Waals surface area contributed by atoms with Gasteiger partial charge in [0.25, 0.3) is 0 Å². The van der Waals surface area contributed by atoms with Crippen LogP contribution in [0.4, 0.5) is 4.79 Å². The molecule has 3 rings (SSSR count). The van der Waals surface area contributed by atoms with Crippen LogP contribution in [0.15, 0.2) is 29.3 Å². The van der Waals surface area contributed by atoms with Crippen LogP contribution in [0.1, 0.15) is 36.9 Å². The number of nitrogens with zero attached hydrogens (tertiary/aromatic N) is 1. The molecule has 0 spiro atoms. The summed E-state index contributed by atoms with van der Waals surface area (Å²) in [5, 5.41) is 2.80. The topological polar surface area (TPSA) is 77.0 Å². The summed E-state index contributed by atoms with van der Waals surface area (Å²) in [6.45, 7) is 4.62. The van der Waals surface area contributed by atoms with Crippen molar-refractivity contribution in [1.29, 1.82) is 0 Å². The molecule has 6 heteroatoms. The van der Waals surface area contributed by atoms with Crippen LogP contribution in [0.25, 0.3) is 0 Å². The number of amides is 2. The molecular formula is C18H22N2O4. The SMILES string of the molecule is CC1=NC(=O)NC(c2ccccc2C)C1C(=O)OCC1CCCO1. The van der Waals surface area contributed by atoms with E-state index in [1.165, 1.54) is 0 Å². The standard InChI is InChI=1S/C18H22N2O4/c1-11-6-3-4-8-14(11)16-15(12(2)19-18(22)20-16)17(21)24-10-13-7-5-9-23-13/h3-4,6,8,13,15-16H,5,7,9-10H2,1-2H3,(H,20,22). The van der Waals surface area contributed by atoms with Crippen LogP contribution in [0.3, 0.4) is 0 Å². The zero-order valence-corrected chi connectivity index (χ0v) is 14.0. The van der Waals surface area contributed by atoms with Gasteiger partial charge in [-0.25, -0.2) is 9.79 Å². The molecule has 6 nitrogen and oxygen atoms in total. The monoisotopic (exact) mass is 330 g/mol. The number of esters is 1. The maximum Gasteiger partial charge on any atom is 0.341 e. The molecule has 2 heterocycles. The second-order valence-corrected chi connectivity index (χ2v) is 6.28. The molecule has 0 radical (unpaired) electrons. The lowest BCUT2D eigenvalue weighted by Gasteiger charge is -2.30. The summed E-state index contributed by atoms with van der Waals surface area (Å²) in [6.07, 6.45) is 1.87. The van der Waals surface area contributed by atoms with Crippen LogP contribution in [0, 0.1) is 12.8 Å². The first kappa shape index (κ1) is 16.6. The summed E-state index contributed by atoms with van der Waals surface area (Å²) in [6, 6.07) is 6.80. The van der Waals surface area contributed by atoms with Crippen molar-refractivity contribution in [3.8, 4) is 0 Å². The molecule has 24 heavy (non-hydrogen) atoms. The van der Waals surface area contributed by atoms with Gasteiger partial charge < -0.3 is 14.8 Å². The van der Waals surface area contributed by atoms with E-state index in [4.69, 9.17) is 9.47 Å². The highest BCUT2D eigenvalue weighted by atomic mass is 16.6. The predicted molar refractivity (Wildman–Crippen MR) is 89.0 cm³/mol. The van der Waals surface area contributed by atoms with E-state index < -0.39 is 18.0 Å². The highest BCUT2D eigenvalue weighted by molar-refractivity contribution is 6.08. The minimum absolute atomic E-state index is 0.0266. The number of carbonyl (C=O) groups excluding carboxylic acids is 2. The number of aryl methyl sites for hydroxylation is 1. The van der Waals surface area contributed by atoms with Crippen molar-refractivity contribution in [2.24, 2.45) is 10.9 Å². The van der Waals surface area contributed by atoms with Gasteiger partial charge in [0.15, 0.2) is 0 Å². The molecule has 0 saturated carbocycles. The van der Waals surface area contributed by atoms with Crippen LogP contribution in [-0.4, -0.2) is 37.0 Å². The predicted octanol–water partition coefficient (Wildman–Crippen LogP) is 2.56. The fourth-order valence-corrected chi connectivity index (χ4v) is 3.26.